The highest BCUT2D eigenvalue weighted by molar-refractivity contribution is 9.10. The van der Waals surface area contributed by atoms with Crippen molar-refractivity contribution in [3.63, 3.8) is 0 Å². The number of carbonyl (C=O) groups excluding carboxylic acids is 1. The van der Waals surface area contributed by atoms with Crippen LogP contribution < -0.4 is 10.1 Å². The number of ether oxygens (including phenoxy) is 1. The van der Waals surface area contributed by atoms with Gasteiger partial charge in [0, 0.05) is 22.8 Å². The Labute approximate surface area is 167 Å². The molecule has 0 spiro atoms. The van der Waals surface area contributed by atoms with Gasteiger partial charge in [-0.1, -0.05) is 28.4 Å². The summed E-state index contributed by atoms with van der Waals surface area (Å²) < 4.78 is 33.4. The molecule has 27 heavy (non-hydrogen) atoms. The number of nitrogens with one attached hydrogen (secondary N) is 1. The normalized spacial score (nSPS) is 18.1. The number of sulfonamides is 1. The highest BCUT2D eigenvalue weighted by atomic mass is 79.9. The Morgan fingerprint density at radius 2 is 1.93 bits per heavy atom. The summed E-state index contributed by atoms with van der Waals surface area (Å²) in [4.78, 5) is 13.0. The maximum atomic E-state index is 13.1. The predicted octanol–water partition coefficient (Wildman–Crippen LogP) is 3.64. The van der Waals surface area contributed by atoms with E-state index in [1.165, 1.54) is 4.31 Å². The van der Waals surface area contributed by atoms with Crippen LogP contribution in [0.25, 0.3) is 0 Å². The molecule has 0 saturated carbocycles. The first kappa shape index (κ1) is 19.9. The van der Waals surface area contributed by atoms with E-state index >= 15 is 0 Å². The van der Waals surface area contributed by atoms with E-state index in [-0.39, 0.29) is 10.8 Å². The van der Waals surface area contributed by atoms with Crippen LogP contribution >= 0.6 is 15.9 Å². The first-order valence-corrected chi connectivity index (χ1v) is 10.9. The molecular weight excluding hydrogens is 432 g/mol. The number of hydrogen-bond acceptors (Lipinski definition) is 4. The highest BCUT2D eigenvalue weighted by Crippen LogP contribution is 2.27. The molecule has 0 radical (unpaired) electrons. The Bertz CT molecular complexity index is 916. The SMILES string of the molecule is COc1cccc(NC(=O)[C@@H]2CCCCN2S(=O)(=O)c2ccc(Br)cc2)c1. The molecule has 2 aromatic rings. The van der Waals surface area contributed by atoms with Gasteiger partial charge in [0.15, 0.2) is 0 Å². The Morgan fingerprint density at radius 3 is 2.63 bits per heavy atom. The fraction of sp³-hybridized carbons (Fsp3) is 0.316. The summed E-state index contributed by atoms with van der Waals surface area (Å²) in [5.74, 6) is 0.291. The van der Waals surface area contributed by atoms with E-state index in [0.29, 0.717) is 24.4 Å². The monoisotopic (exact) mass is 452 g/mol. The van der Waals surface area contributed by atoms with Crippen molar-refractivity contribution < 1.29 is 17.9 Å². The first-order valence-electron chi connectivity index (χ1n) is 8.64. The van der Waals surface area contributed by atoms with E-state index in [4.69, 9.17) is 4.74 Å². The molecule has 1 aliphatic rings. The molecule has 1 amide bonds. The Balaban J connectivity index is 1.84. The number of benzene rings is 2. The molecule has 0 unspecified atom stereocenters. The van der Waals surface area contributed by atoms with E-state index in [9.17, 15) is 13.2 Å². The number of halogens is 1. The van der Waals surface area contributed by atoms with Crippen LogP contribution in [0.2, 0.25) is 0 Å². The molecule has 1 N–H and O–H groups in total. The third-order valence-electron chi connectivity index (χ3n) is 4.51. The summed E-state index contributed by atoms with van der Waals surface area (Å²) in [6.45, 7) is 0.328. The molecule has 1 heterocycles. The van der Waals surface area contributed by atoms with Crippen LogP contribution in [0.4, 0.5) is 5.69 Å². The van der Waals surface area contributed by atoms with Crippen LogP contribution in [0, 0.1) is 0 Å². The summed E-state index contributed by atoms with van der Waals surface area (Å²) in [7, 11) is -2.20. The van der Waals surface area contributed by atoms with E-state index in [0.717, 1.165) is 17.3 Å². The van der Waals surface area contributed by atoms with E-state index < -0.39 is 16.1 Å². The lowest BCUT2D eigenvalue weighted by atomic mass is 10.0. The quantitative estimate of drug-likeness (QED) is 0.750. The van der Waals surface area contributed by atoms with Crippen molar-refractivity contribution in [3.05, 3.63) is 53.0 Å². The van der Waals surface area contributed by atoms with Gasteiger partial charge in [-0.15, -0.1) is 0 Å². The van der Waals surface area contributed by atoms with E-state index in [1.54, 1.807) is 55.6 Å². The molecule has 8 heteroatoms. The van der Waals surface area contributed by atoms with Crippen LogP contribution in [0.5, 0.6) is 5.75 Å². The minimum atomic E-state index is -3.75. The summed E-state index contributed by atoms with van der Waals surface area (Å²) in [6.07, 6.45) is 2.03. The van der Waals surface area contributed by atoms with Crippen LogP contribution in [0.1, 0.15) is 19.3 Å². The highest BCUT2D eigenvalue weighted by Gasteiger charge is 2.37. The maximum absolute atomic E-state index is 13.1. The Morgan fingerprint density at radius 1 is 1.19 bits per heavy atom. The number of nitrogens with zero attached hydrogens (tertiary/aromatic N) is 1. The summed E-state index contributed by atoms with van der Waals surface area (Å²) >= 11 is 3.31. The number of amides is 1. The second-order valence-electron chi connectivity index (χ2n) is 6.30. The van der Waals surface area contributed by atoms with Crippen molar-refractivity contribution in [2.24, 2.45) is 0 Å². The molecule has 1 atom stereocenters. The molecule has 1 aliphatic heterocycles. The largest absolute Gasteiger partial charge is 0.497 e. The molecule has 1 saturated heterocycles. The summed E-state index contributed by atoms with van der Waals surface area (Å²) in [5.41, 5.74) is 0.575. The smallest absolute Gasteiger partial charge is 0.243 e. The molecule has 3 rings (SSSR count). The number of methoxy groups -OCH3 is 1. The summed E-state index contributed by atoms with van der Waals surface area (Å²) in [5, 5.41) is 2.82. The molecule has 2 aromatic carbocycles. The van der Waals surface area contributed by atoms with Gasteiger partial charge in [-0.25, -0.2) is 8.42 Å². The van der Waals surface area contributed by atoms with E-state index in [1.807, 2.05) is 0 Å². The van der Waals surface area contributed by atoms with Crippen molar-refractivity contribution in [1.82, 2.24) is 4.31 Å². The van der Waals surface area contributed by atoms with Gasteiger partial charge in [0.2, 0.25) is 15.9 Å². The van der Waals surface area contributed by atoms with Gasteiger partial charge < -0.3 is 10.1 Å². The van der Waals surface area contributed by atoms with Gasteiger partial charge in [0.1, 0.15) is 11.8 Å². The predicted molar refractivity (Wildman–Crippen MR) is 107 cm³/mol. The van der Waals surface area contributed by atoms with Gasteiger partial charge in [-0.3, -0.25) is 4.79 Å². The maximum Gasteiger partial charge on any atom is 0.243 e. The van der Waals surface area contributed by atoms with Crippen LogP contribution in [-0.4, -0.2) is 38.3 Å². The lowest BCUT2D eigenvalue weighted by molar-refractivity contribution is -0.120. The average molecular weight is 453 g/mol. The number of carbonyl (C=O) groups is 1. The van der Waals surface area contributed by atoms with Crippen molar-refractivity contribution in [3.8, 4) is 5.75 Å². The van der Waals surface area contributed by atoms with Crippen molar-refractivity contribution in [2.45, 2.75) is 30.2 Å². The summed E-state index contributed by atoms with van der Waals surface area (Å²) in [6, 6.07) is 12.7. The zero-order valence-corrected chi connectivity index (χ0v) is 17.3. The molecule has 1 fully saturated rings. The van der Waals surface area contributed by atoms with Crippen molar-refractivity contribution >= 4 is 37.5 Å². The standard InChI is InChI=1S/C19H21BrN2O4S/c1-26-16-6-4-5-15(13-16)21-19(23)18-7-2-3-12-22(18)27(24,25)17-10-8-14(20)9-11-17/h4-6,8-11,13,18H,2-3,7,12H2,1H3,(H,21,23)/t18-/m0/s1. The van der Waals surface area contributed by atoms with Gasteiger partial charge in [0.25, 0.3) is 0 Å². The second kappa shape index (κ2) is 8.41. The molecule has 144 valence electrons. The number of rotatable bonds is 5. The second-order valence-corrected chi connectivity index (χ2v) is 9.11. The Hall–Kier alpha value is -1.90. The zero-order chi connectivity index (χ0) is 19.4. The fourth-order valence-corrected chi connectivity index (χ4v) is 5.04. The fourth-order valence-electron chi connectivity index (χ4n) is 3.12. The van der Waals surface area contributed by atoms with E-state index in [2.05, 4.69) is 21.2 Å². The van der Waals surface area contributed by atoms with Crippen LogP contribution in [-0.2, 0) is 14.8 Å². The van der Waals surface area contributed by atoms with Crippen LogP contribution in [0.15, 0.2) is 57.9 Å². The minimum Gasteiger partial charge on any atom is -0.497 e. The first-order chi connectivity index (χ1) is 12.9. The molecule has 0 aliphatic carbocycles. The molecule has 0 aromatic heterocycles. The molecular formula is C19H21BrN2O4S. The molecule has 0 bridgehead atoms. The lowest BCUT2D eigenvalue weighted by Crippen LogP contribution is -2.49. The van der Waals surface area contributed by atoms with Gasteiger partial charge in [-0.05, 0) is 49.2 Å². The average Bonchev–Trinajstić information content (AvgIpc) is 2.68. The number of piperidine rings is 1. The van der Waals surface area contributed by atoms with Gasteiger partial charge >= 0.3 is 0 Å². The Kier molecular flexibility index (Phi) is 6.18. The zero-order valence-electron chi connectivity index (χ0n) is 14.9. The minimum absolute atomic E-state index is 0.187. The number of hydrogen-bond donors (Lipinski definition) is 1. The van der Waals surface area contributed by atoms with Crippen molar-refractivity contribution in [1.29, 1.82) is 0 Å². The molecule has 6 nitrogen and oxygen atoms in total. The lowest BCUT2D eigenvalue weighted by Gasteiger charge is -2.33. The number of anilines is 1. The third-order valence-corrected chi connectivity index (χ3v) is 6.96. The van der Waals surface area contributed by atoms with Gasteiger partial charge in [0.05, 0.1) is 12.0 Å². The van der Waals surface area contributed by atoms with Gasteiger partial charge in [-0.2, -0.15) is 4.31 Å². The van der Waals surface area contributed by atoms with Crippen LogP contribution in [0.3, 0.4) is 0 Å². The third kappa shape index (κ3) is 4.51. The topological polar surface area (TPSA) is 75.7 Å². The van der Waals surface area contributed by atoms with Crippen molar-refractivity contribution in [2.75, 3.05) is 19.0 Å².